The maximum atomic E-state index is 5.97. The molecule has 0 N–H and O–H groups in total. The lowest BCUT2D eigenvalue weighted by molar-refractivity contribution is -0.612. The van der Waals surface area contributed by atoms with Crippen molar-refractivity contribution in [1.29, 1.82) is 0 Å². The van der Waals surface area contributed by atoms with E-state index in [1.54, 1.807) is 0 Å². The molecule has 0 aromatic heterocycles. The molecule has 1 fully saturated rings. The van der Waals surface area contributed by atoms with Crippen molar-refractivity contribution in [2.75, 3.05) is 13.1 Å². The molecule has 0 bridgehead atoms. The topological polar surface area (TPSA) is 6.25 Å². The predicted octanol–water partition coefficient (Wildman–Crippen LogP) is 1.09. The number of allylic oxidation sites excluding steroid dienone is 1. The van der Waals surface area contributed by atoms with Crippen molar-refractivity contribution in [1.82, 2.24) is 4.90 Å². The number of rotatable bonds is 3. The molecule has 1 aromatic carbocycles. The summed E-state index contributed by atoms with van der Waals surface area (Å²) in [5, 5.41) is 0.803. The smallest absolute Gasteiger partial charge is 0.168 e. The zero-order valence-corrected chi connectivity index (χ0v) is 14.9. The van der Waals surface area contributed by atoms with Crippen LogP contribution >= 0.6 is 11.6 Å². The zero-order valence-electron chi connectivity index (χ0n) is 13.4. The van der Waals surface area contributed by atoms with Crippen LogP contribution < -0.4 is 12.4 Å². The highest BCUT2D eigenvalue weighted by Crippen LogP contribution is 2.28. The molecule has 0 spiro atoms. The average molecular weight is 339 g/mol. The Morgan fingerprint density at radius 2 is 1.77 bits per heavy atom. The minimum atomic E-state index is 0. The Morgan fingerprint density at radius 3 is 2.36 bits per heavy atom. The number of benzene rings is 1. The van der Waals surface area contributed by atoms with Gasteiger partial charge in [-0.3, -0.25) is 0 Å². The summed E-state index contributed by atoms with van der Waals surface area (Å²) >= 11 is 5.97. The van der Waals surface area contributed by atoms with E-state index in [4.69, 9.17) is 11.6 Å². The van der Waals surface area contributed by atoms with Gasteiger partial charge in [0, 0.05) is 49.3 Å². The first-order valence-electron chi connectivity index (χ1n) is 7.85. The highest BCUT2D eigenvalue weighted by Gasteiger charge is 2.35. The maximum absolute atomic E-state index is 5.97. The van der Waals surface area contributed by atoms with Gasteiger partial charge in [0.05, 0.1) is 6.42 Å². The molecule has 3 rings (SSSR count). The van der Waals surface area contributed by atoms with E-state index < -0.39 is 0 Å². The molecule has 2 aliphatic heterocycles. The predicted molar refractivity (Wildman–Crippen MR) is 89.1 cm³/mol. The summed E-state index contributed by atoms with van der Waals surface area (Å²) in [5.74, 6) is 0. The molecule has 0 unspecified atom stereocenters. The first-order chi connectivity index (χ1) is 10.0. The highest BCUT2D eigenvalue weighted by molar-refractivity contribution is 6.30. The summed E-state index contributed by atoms with van der Waals surface area (Å²) in [6, 6.07) is 8.18. The second-order valence-corrected chi connectivity index (χ2v) is 7.18. The fraction of sp³-hybridized carbons (Fsp3) is 0.500. The zero-order chi connectivity index (χ0) is 14.9. The van der Waals surface area contributed by atoms with E-state index in [2.05, 4.69) is 47.7 Å². The van der Waals surface area contributed by atoms with E-state index in [9.17, 15) is 0 Å². The number of hydrogen-bond donors (Lipinski definition) is 0. The van der Waals surface area contributed by atoms with E-state index in [1.807, 2.05) is 12.1 Å². The summed E-state index contributed by atoms with van der Waals surface area (Å²) in [6.07, 6.45) is 8.38. The van der Waals surface area contributed by atoms with E-state index in [1.165, 1.54) is 37.2 Å². The van der Waals surface area contributed by atoms with Crippen LogP contribution in [0.1, 0.15) is 38.7 Å². The molecule has 1 saturated heterocycles. The monoisotopic (exact) mass is 338 g/mol. The lowest BCUT2D eigenvalue weighted by Crippen LogP contribution is -3.00. The fourth-order valence-corrected chi connectivity index (χ4v) is 3.38. The number of hydrogen-bond acceptors (Lipinski definition) is 1. The Hall–Kier alpha value is -0.990. The Balaban J connectivity index is 0.00000176. The van der Waals surface area contributed by atoms with Gasteiger partial charge in [0.25, 0.3) is 0 Å². The molecule has 0 radical (unpaired) electrons. The van der Waals surface area contributed by atoms with Gasteiger partial charge in [-0.25, -0.2) is 4.58 Å². The molecule has 22 heavy (non-hydrogen) atoms. The summed E-state index contributed by atoms with van der Waals surface area (Å²) in [5.41, 5.74) is 2.97. The average Bonchev–Trinajstić information content (AvgIpc) is 2.97. The van der Waals surface area contributed by atoms with E-state index >= 15 is 0 Å². The number of halogens is 2. The van der Waals surface area contributed by atoms with Gasteiger partial charge in [-0.05, 0) is 25.0 Å². The molecule has 1 aromatic rings. The van der Waals surface area contributed by atoms with Crippen LogP contribution in [0.3, 0.4) is 0 Å². The van der Waals surface area contributed by atoms with E-state index in [0.29, 0.717) is 0 Å². The van der Waals surface area contributed by atoms with Crippen molar-refractivity contribution in [3.05, 3.63) is 46.6 Å². The van der Waals surface area contributed by atoms with Crippen LogP contribution in [0.25, 0.3) is 0 Å². The van der Waals surface area contributed by atoms with Crippen LogP contribution in [0.2, 0.25) is 5.02 Å². The number of nitrogens with zero attached hydrogens (tertiary/aromatic N) is 2. The third-order valence-electron chi connectivity index (χ3n) is 4.62. The van der Waals surface area contributed by atoms with Crippen LogP contribution in [0, 0.1) is 0 Å². The molecule has 2 heterocycles. The molecule has 4 heteroatoms. The second kappa shape index (κ2) is 7.06. The van der Waals surface area contributed by atoms with Crippen LogP contribution in [-0.4, -0.2) is 34.3 Å². The molecule has 0 amide bonds. The van der Waals surface area contributed by atoms with Gasteiger partial charge < -0.3 is 17.3 Å². The van der Waals surface area contributed by atoms with Crippen molar-refractivity contribution < 1.29 is 17.0 Å². The quantitative estimate of drug-likeness (QED) is 0.748. The van der Waals surface area contributed by atoms with Gasteiger partial charge in [-0.1, -0.05) is 23.7 Å². The van der Waals surface area contributed by atoms with Gasteiger partial charge >= 0.3 is 0 Å². The summed E-state index contributed by atoms with van der Waals surface area (Å²) in [7, 11) is 0. The van der Waals surface area contributed by atoms with Crippen molar-refractivity contribution in [2.45, 2.75) is 45.2 Å². The Morgan fingerprint density at radius 1 is 1.14 bits per heavy atom. The number of likely N-dealkylation sites (tertiary alicyclic amines) is 1. The maximum Gasteiger partial charge on any atom is 0.168 e. The van der Waals surface area contributed by atoms with Crippen molar-refractivity contribution in [3.8, 4) is 0 Å². The molecule has 120 valence electrons. The van der Waals surface area contributed by atoms with Gasteiger partial charge in [0.15, 0.2) is 18.3 Å². The third kappa shape index (κ3) is 3.85. The molecule has 2 nitrogen and oxygen atoms in total. The molecular formula is C18H24Cl2N2. The first kappa shape index (κ1) is 17.4. The Kier molecular flexibility index (Phi) is 5.57. The molecular weight excluding hydrogens is 315 g/mol. The first-order valence-corrected chi connectivity index (χ1v) is 8.23. The van der Waals surface area contributed by atoms with E-state index in [-0.39, 0.29) is 17.9 Å². The third-order valence-corrected chi connectivity index (χ3v) is 4.87. The Bertz CT molecular complexity index is 567. The molecule has 2 aliphatic rings. The highest BCUT2D eigenvalue weighted by atomic mass is 35.5. The standard InChI is InChI=1S/C18H24ClN2.ClH/c1-18(2)13-17(20-10-3-4-11-20)9-12-21(18)14-15-5-7-16(19)8-6-15;/h5-9,12H,3-4,10-11,13-14H2,1-2H3;1H/q+1;/p-1. The summed E-state index contributed by atoms with van der Waals surface area (Å²) < 4.78 is 2.44. The molecule has 0 atom stereocenters. The van der Waals surface area contributed by atoms with Crippen molar-refractivity contribution in [2.24, 2.45) is 0 Å². The Labute approximate surface area is 144 Å². The lowest BCUT2D eigenvalue weighted by atomic mass is 9.93. The van der Waals surface area contributed by atoms with Crippen LogP contribution in [0.5, 0.6) is 0 Å². The minimum Gasteiger partial charge on any atom is -1.00 e. The molecule has 0 saturated carbocycles. The largest absolute Gasteiger partial charge is 1.00 e. The van der Waals surface area contributed by atoms with Gasteiger partial charge in [0.2, 0.25) is 0 Å². The molecule has 0 aliphatic carbocycles. The lowest BCUT2D eigenvalue weighted by Gasteiger charge is -2.31. The summed E-state index contributed by atoms with van der Waals surface area (Å²) in [6.45, 7) is 8.07. The van der Waals surface area contributed by atoms with Crippen molar-refractivity contribution in [3.63, 3.8) is 0 Å². The van der Waals surface area contributed by atoms with E-state index in [0.717, 1.165) is 18.0 Å². The van der Waals surface area contributed by atoms with Gasteiger partial charge in [-0.2, -0.15) is 0 Å². The van der Waals surface area contributed by atoms with Crippen LogP contribution in [0.4, 0.5) is 0 Å². The second-order valence-electron chi connectivity index (χ2n) is 6.74. The van der Waals surface area contributed by atoms with Crippen LogP contribution in [0.15, 0.2) is 36.0 Å². The SMILES string of the molecule is CC1(C)CC(N2CCCC2)=CC=[N+]1Cc1ccc(Cl)cc1.[Cl-]. The van der Waals surface area contributed by atoms with Gasteiger partial charge in [0.1, 0.15) is 0 Å². The normalized spacial score (nSPS) is 20.2. The van der Waals surface area contributed by atoms with Crippen molar-refractivity contribution >= 4 is 17.8 Å². The minimum absolute atomic E-state index is 0. The van der Waals surface area contributed by atoms with Gasteiger partial charge in [-0.15, -0.1) is 0 Å². The fourth-order valence-electron chi connectivity index (χ4n) is 3.26. The van der Waals surface area contributed by atoms with Crippen LogP contribution in [-0.2, 0) is 6.54 Å². The summed E-state index contributed by atoms with van der Waals surface area (Å²) in [4.78, 5) is 2.55.